The van der Waals surface area contributed by atoms with E-state index in [-0.39, 0.29) is 10.9 Å². The highest BCUT2D eigenvalue weighted by Gasteiger charge is 2.20. The molecule has 1 aromatic heterocycles. The molecule has 9 nitrogen and oxygen atoms in total. The summed E-state index contributed by atoms with van der Waals surface area (Å²) in [5.74, 6) is -0.697. The van der Waals surface area contributed by atoms with E-state index in [1.54, 1.807) is 0 Å². The van der Waals surface area contributed by atoms with E-state index in [0.29, 0.717) is 0 Å². The van der Waals surface area contributed by atoms with E-state index in [2.05, 4.69) is 10.6 Å². The SMILES string of the molecule is CN(C)S(=O)(=O)c1ccc(=O)n(CC(=O)NC(=O)NC2CCCC2)c1. The lowest BCUT2D eigenvalue weighted by Gasteiger charge is -2.14. The van der Waals surface area contributed by atoms with Gasteiger partial charge in [-0.3, -0.25) is 14.9 Å². The number of hydrogen-bond donors (Lipinski definition) is 2. The number of aromatic nitrogens is 1. The third kappa shape index (κ3) is 4.89. The topological polar surface area (TPSA) is 118 Å². The Balaban J connectivity index is 2.05. The summed E-state index contributed by atoms with van der Waals surface area (Å²) in [4.78, 5) is 35.5. The van der Waals surface area contributed by atoms with Gasteiger partial charge in [0.1, 0.15) is 6.54 Å². The minimum atomic E-state index is -3.73. The van der Waals surface area contributed by atoms with Crippen LogP contribution in [-0.4, -0.2) is 49.4 Å². The van der Waals surface area contributed by atoms with Crippen LogP contribution in [0.2, 0.25) is 0 Å². The van der Waals surface area contributed by atoms with Crippen LogP contribution in [0, 0.1) is 0 Å². The van der Waals surface area contributed by atoms with Crippen LogP contribution in [0.3, 0.4) is 0 Å². The van der Waals surface area contributed by atoms with Crippen LogP contribution in [-0.2, 0) is 21.4 Å². The predicted molar refractivity (Wildman–Crippen MR) is 90.5 cm³/mol. The van der Waals surface area contributed by atoms with Crippen molar-refractivity contribution in [1.29, 1.82) is 0 Å². The third-order valence-corrected chi connectivity index (χ3v) is 5.79. The molecule has 0 spiro atoms. The van der Waals surface area contributed by atoms with Crippen LogP contribution < -0.4 is 16.2 Å². The number of urea groups is 1. The maximum Gasteiger partial charge on any atom is 0.321 e. The summed E-state index contributed by atoms with van der Waals surface area (Å²) >= 11 is 0. The molecule has 1 aliphatic carbocycles. The summed E-state index contributed by atoms with van der Waals surface area (Å²) in [6.45, 7) is -0.451. The van der Waals surface area contributed by atoms with Crippen LogP contribution in [0.1, 0.15) is 25.7 Å². The third-order valence-electron chi connectivity index (χ3n) is 3.99. The molecule has 25 heavy (non-hydrogen) atoms. The van der Waals surface area contributed by atoms with Crippen molar-refractivity contribution in [3.8, 4) is 0 Å². The molecule has 2 rings (SSSR count). The number of pyridine rings is 1. The lowest BCUT2D eigenvalue weighted by Crippen LogP contribution is -2.45. The fourth-order valence-electron chi connectivity index (χ4n) is 2.61. The first-order chi connectivity index (χ1) is 11.7. The number of nitrogens with one attached hydrogen (secondary N) is 2. The Hall–Kier alpha value is -2.20. The Morgan fingerprint density at radius 3 is 2.48 bits per heavy atom. The fourth-order valence-corrected chi connectivity index (χ4v) is 3.53. The van der Waals surface area contributed by atoms with E-state index < -0.39 is 34.1 Å². The zero-order chi connectivity index (χ0) is 18.6. The Kier molecular flexibility index (Phi) is 5.96. The molecule has 1 heterocycles. The average Bonchev–Trinajstić information content (AvgIpc) is 3.01. The summed E-state index contributed by atoms with van der Waals surface area (Å²) in [5.41, 5.74) is -0.538. The van der Waals surface area contributed by atoms with Crippen molar-refractivity contribution in [3.05, 3.63) is 28.7 Å². The molecule has 0 aliphatic heterocycles. The number of imide groups is 1. The van der Waals surface area contributed by atoms with Crippen molar-refractivity contribution in [1.82, 2.24) is 19.5 Å². The molecule has 1 aliphatic rings. The summed E-state index contributed by atoms with van der Waals surface area (Å²) in [7, 11) is -0.996. The van der Waals surface area contributed by atoms with Gasteiger partial charge in [-0.2, -0.15) is 0 Å². The molecule has 3 amide bonds. The standard InChI is InChI=1S/C15H22N4O5S/c1-18(2)25(23,24)12-7-8-14(21)19(9-12)10-13(20)17-15(22)16-11-5-3-4-6-11/h7-9,11H,3-6,10H2,1-2H3,(H2,16,17,20,22). The Labute approximate surface area is 146 Å². The molecule has 0 bridgehead atoms. The van der Waals surface area contributed by atoms with E-state index in [1.807, 2.05) is 0 Å². The summed E-state index contributed by atoms with van der Waals surface area (Å²) in [6.07, 6.45) is 4.94. The quantitative estimate of drug-likeness (QED) is 0.748. The number of hydrogen-bond acceptors (Lipinski definition) is 5. The Bertz CT molecular complexity index is 809. The second-order valence-corrected chi connectivity index (χ2v) is 8.27. The number of carbonyl (C=O) groups excluding carboxylic acids is 2. The first-order valence-corrected chi connectivity index (χ1v) is 9.37. The van der Waals surface area contributed by atoms with Crippen LogP contribution in [0.5, 0.6) is 0 Å². The molecule has 138 valence electrons. The molecule has 0 saturated heterocycles. The monoisotopic (exact) mass is 370 g/mol. The number of rotatable bonds is 5. The molecule has 10 heteroatoms. The van der Waals surface area contributed by atoms with Crippen molar-refractivity contribution in [2.45, 2.75) is 43.2 Å². The minimum Gasteiger partial charge on any atom is -0.335 e. The Morgan fingerprint density at radius 2 is 1.88 bits per heavy atom. The van der Waals surface area contributed by atoms with Gasteiger partial charge >= 0.3 is 6.03 Å². The molecule has 1 fully saturated rings. The minimum absolute atomic E-state index is 0.0593. The first-order valence-electron chi connectivity index (χ1n) is 7.93. The second-order valence-electron chi connectivity index (χ2n) is 6.12. The molecule has 0 unspecified atom stereocenters. The lowest BCUT2D eigenvalue weighted by molar-refractivity contribution is -0.120. The van der Waals surface area contributed by atoms with E-state index in [4.69, 9.17) is 0 Å². The van der Waals surface area contributed by atoms with Gasteiger partial charge in [0.05, 0.1) is 4.90 Å². The van der Waals surface area contributed by atoms with Gasteiger partial charge in [-0.05, 0) is 18.9 Å². The molecule has 0 radical (unpaired) electrons. The van der Waals surface area contributed by atoms with Crippen LogP contribution in [0.4, 0.5) is 4.79 Å². The zero-order valence-corrected chi connectivity index (χ0v) is 15.0. The number of sulfonamides is 1. The summed E-state index contributed by atoms with van der Waals surface area (Å²) in [6, 6.07) is 1.70. The molecule has 1 aromatic rings. The summed E-state index contributed by atoms with van der Waals surface area (Å²) in [5, 5.41) is 4.85. The largest absolute Gasteiger partial charge is 0.335 e. The fraction of sp³-hybridized carbons (Fsp3) is 0.533. The maximum atomic E-state index is 12.1. The molecular formula is C15H22N4O5S. The molecule has 0 atom stereocenters. The molecule has 1 saturated carbocycles. The van der Waals surface area contributed by atoms with Gasteiger partial charge < -0.3 is 9.88 Å². The molecule has 0 aromatic carbocycles. The number of nitrogens with zero attached hydrogens (tertiary/aromatic N) is 2. The zero-order valence-electron chi connectivity index (χ0n) is 14.2. The van der Waals surface area contributed by atoms with Gasteiger partial charge in [-0.25, -0.2) is 17.5 Å². The van der Waals surface area contributed by atoms with Crippen LogP contribution in [0.15, 0.2) is 28.0 Å². The van der Waals surface area contributed by atoms with Gasteiger partial charge in [-0.1, -0.05) is 12.8 Å². The molecular weight excluding hydrogens is 348 g/mol. The smallest absolute Gasteiger partial charge is 0.321 e. The first kappa shape index (κ1) is 19.1. The lowest BCUT2D eigenvalue weighted by atomic mass is 10.2. The highest BCUT2D eigenvalue weighted by molar-refractivity contribution is 7.89. The highest BCUT2D eigenvalue weighted by Crippen LogP contribution is 2.17. The molecule has 2 N–H and O–H groups in total. The number of amides is 3. The Morgan fingerprint density at radius 1 is 1.24 bits per heavy atom. The van der Waals surface area contributed by atoms with Gasteiger partial charge in [0.2, 0.25) is 15.9 Å². The predicted octanol–water partition coefficient (Wildman–Crippen LogP) is -0.133. The van der Waals surface area contributed by atoms with Crippen molar-refractivity contribution < 1.29 is 18.0 Å². The van der Waals surface area contributed by atoms with Gasteiger partial charge in [-0.15, -0.1) is 0 Å². The maximum absolute atomic E-state index is 12.1. The van der Waals surface area contributed by atoms with Crippen molar-refractivity contribution in [2.75, 3.05) is 14.1 Å². The van der Waals surface area contributed by atoms with Crippen molar-refractivity contribution >= 4 is 22.0 Å². The summed E-state index contributed by atoms with van der Waals surface area (Å²) < 4.78 is 26.2. The van der Waals surface area contributed by atoms with Crippen molar-refractivity contribution in [3.63, 3.8) is 0 Å². The average molecular weight is 370 g/mol. The number of carbonyl (C=O) groups is 2. The van der Waals surface area contributed by atoms with Gasteiger partial charge in [0, 0.05) is 32.4 Å². The van der Waals surface area contributed by atoms with E-state index in [0.717, 1.165) is 46.8 Å². The van der Waals surface area contributed by atoms with E-state index in [1.165, 1.54) is 20.2 Å². The second kappa shape index (κ2) is 7.79. The van der Waals surface area contributed by atoms with Gasteiger partial charge in [0.15, 0.2) is 0 Å². The van der Waals surface area contributed by atoms with E-state index in [9.17, 15) is 22.8 Å². The van der Waals surface area contributed by atoms with Gasteiger partial charge in [0.25, 0.3) is 5.56 Å². The van der Waals surface area contributed by atoms with Crippen molar-refractivity contribution in [2.24, 2.45) is 0 Å². The van der Waals surface area contributed by atoms with Crippen LogP contribution >= 0.6 is 0 Å². The normalized spacial score (nSPS) is 15.3. The van der Waals surface area contributed by atoms with Crippen LogP contribution in [0.25, 0.3) is 0 Å². The van der Waals surface area contributed by atoms with E-state index >= 15 is 0 Å². The highest BCUT2D eigenvalue weighted by atomic mass is 32.2.